The number of rotatable bonds is 5. The summed E-state index contributed by atoms with van der Waals surface area (Å²) in [7, 11) is -0.0263. The molecule has 0 unspecified atom stereocenters. The van der Waals surface area contributed by atoms with Gasteiger partial charge in [-0.05, 0) is 56.8 Å². The molecule has 0 aromatic heterocycles. The average Bonchev–Trinajstić information content (AvgIpc) is 2.86. The van der Waals surface area contributed by atoms with Crippen molar-refractivity contribution >= 4 is 10.2 Å². The second-order valence-corrected chi connectivity index (χ2v) is 11.6. The van der Waals surface area contributed by atoms with E-state index in [1.807, 2.05) is 0 Å². The van der Waals surface area contributed by atoms with Crippen LogP contribution in [0.2, 0.25) is 0 Å². The van der Waals surface area contributed by atoms with Crippen LogP contribution in [0.1, 0.15) is 59.3 Å². The molecule has 150 valence electrons. The minimum Gasteiger partial charge on any atom is -0.298 e. The van der Waals surface area contributed by atoms with Crippen molar-refractivity contribution in [1.29, 1.82) is 0 Å². The standard InChI is InChI=1S/C20H37N3O2S/c1-16-7-6-11-20(2,3)19(16)10-12-22-13-17-8-9-18(22)15-23(14-17)26(24,25)21(4)5/h17-18H,6-15H2,1-5H3/t17-,18-/m0/s1. The third kappa shape index (κ3) is 4.03. The molecule has 0 spiro atoms. The molecule has 1 aliphatic carbocycles. The predicted molar refractivity (Wildman–Crippen MR) is 107 cm³/mol. The van der Waals surface area contributed by atoms with Gasteiger partial charge >= 0.3 is 0 Å². The number of fused-ring (bicyclic) bond motifs is 4. The zero-order valence-corrected chi connectivity index (χ0v) is 18.1. The highest BCUT2D eigenvalue weighted by Gasteiger charge is 2.40. The summed E-state index contributed by atoms with van der Waals surface area (Å²) in [6.45, 7) is 10.6. The summed E-state index contributed by atoms with van der Waals surface area (Å²) >= 11 is 0. The van der Waals surface area contributed by atoms with Gasteiger partial charge in [-0.3, -0.25) is 4.90 Å². The summed E-state index contributed by atoms with van der Waals surface area (Å²) in [6, 6.07) is 0.371. The average molecular weight is 384 g/mol. The van der Waals surface area contributed by atoms with Crippen LogP contribution in [0.15, 0.2) is 11.1 Å². The van der Waals surface area contributed by atoms with Gasteiger partial charge in [-0.15, -0.1) is 0 Å². The van der Waals surface area contributed by atoms with Crippen LogP contribution >= 0.6 is 0 Å². The smallest absolute Gasteiger partial charge is 0.281 e. The van der Waals surface area contributed by atoms with E-state index in [-0.39, 0.29) is 0 Å². The highest BCUT2D eigenvalue weighted by molar-refractivity contribution is 7.86. The minimum absolute atomic E-state index is 0.327. The lowest BCUT2D eigenvalue weighted by atomic mass is 9.71. The Morgan fingerprint density at radius 1 is 1.15 bits per heavy atom. The van der Waals surface area contributed by atoms with Gasteiger partial charge in [0.15, 0.2) is 0 Å². The molecule has 0 aromatic rings. The summed E-state index contributed by atoms with van der Waals surface area (Å²) in [6.07, 6.45) is 7.29. The molecule has 26 heavy (non-hydrogen) atoms. The number of allylic oxidation sites excluding steroid dienone is 1. The minimum atomic E-state index is -3.30. The largest absolute Gasteiger partial charge is 0.298 e. The Labute approximate surface area is 160 Å². The van der Waals surface area contributed by atoms with Crippen LogP contribution in [-0.4, -0.2) is 68.2 Å². The Hall–Kier alpha value is -0.430. The van der Waals surface area contributed by atoms with Crippen molar-refractivity contribution in [3.05, 3.63) is 11.1 Å². The number of nitrogens with zero attached hydrogens (tertiary/aromatic N) is 3. The van der Waals surface area contributed by atoms with E-state index in [1.165, 1.54) is 23.6 Å². The van der Waals surface area contributed by atoms with E-state index in [0.717, 1.165) is 32.4 Å². The molecule has 2 atom stereocenters. The quantitative estimate of drug-likeness (QED) is 0.685. The van der Waals surface area contributed by atoms with Gasteiger partial charge < -0.3 is 0 Å². The molecule has 2 bridgehead atoms. The van der Waals surface area contributed by atoms with E-state index in [0.29, 0.717) is 30.5 Å². The van der Waals surface area contributed by atoms with Crippen LogP contribution in [0.4, 0.5) is 0 Å². The summed E-state index contributed by atoms with van der Waals surface area (Å²) in [5, 5.41) is 0. The fourth-order valence-electron chi connectivity index (χ4n) is 5.31. The van der Waals surface area contributed by atoms with Crippen molar-refractivity contribution in [1.82, 2.24) is 13.5 Å². The third-order valence-electron chi connectivity index (χ3n) is 6.92. The zero-order chi connectivity index (χ0) is 19.1. The van der Waals surface area contributed by atoms with Crippen molar-refractivity contribution in [3.63, 3.8) is 0 Å². The molecule has 4 rings (SSSR count). The van der Waals surface area contributed by atoms with Crippen molar-refractivity contribution in [2.75, 3.05) is 40.3 Å². The van der Waals surface area contributed by atoms with Crippen LogP contribution in [-0.2, 0) is 10.2 Å². The second-order valence-electron chi connectivity index (χ2n) is 9.45. The Bertz CT molecular complexity index is 654. The van der Waals surface area contributed by atoms with Gasteiger partial charge in [0, 0.05) is 46.3 Å². The van der Waals surface area contributed by atoms with E-state index in [9.17, 15) is 8.42 Å². The topological polar surface area (TPSA) is 43.9 Å². The first kappa shape index (κ1) is 20.3. The number of piperidine rings is 1. The predicted octanol–water partition coefficient (Wildman–Crippen LogP) is 3.11. The molecule has 0 radical (unpaired) electrons. The van der Waals surface area contributed by atoms with Crippen LogP contribution in [0.25, 0.3) is 0 Å². The molecular formula is C20H37N3O2S. The van der Waals surface area contributed by atoms with Gasteiger partial charge in [-0.1, -0.05) is 25.0 Å². The SMILES string of the molecule is CC1=C(CCN2C[C@@H]3CC[C@H]2CN(S(=O)(=O)N(C)C)C3)C(C)(C)CCC1. The molecule has 0 amide bonds. The maximum absolute atomic E-state index is 12.6. The third-order valence-corrected chi connectivity index (χ3v) is 8.79. The Kier molecular flexibility index (Phi) is 5.88. The summed E-state index contributed by atoms with van der Waals surface area (Å²) < 4.78 is 28.3. The summed E-state index contributed by atoms with van der Waals surface area (Å²) in [5.74, 6) is 0.470. The van der Waals surface area contributed by atoms with E-state index < -0.39 is 10.2 Å². The van der Waals surface area contributed by atoms with Crippen LogP contribution < -0.4 is 0 Å². The zero-order valence-electron chi connectivity index (χ0n) is 17.3. The lowest BCUT2D eigenvalue weighted by Crippen LogP contribution is -2.46. The maximum atomic E-state index is 12.6. The lowest BCUT2D eigenvalue weighted by Gasteiger charge is -2.39. The molecule has 3 heterocycles. The number of hydrogen-bond donors (Lipinski definition) is 0. The Morgan fingerprint density at radius 3 is 2.54 bits per heavy atom. The molecule has 3 saturated heterocycles. The van der Waals surface area contributed by atoms with Gasteiger partial charge in [-0.2, -0.15) is 17.0 Å². The van der Waals surface area contributed by atoms with Gasteiger partial charge in [-0.25, -0.2) is 0 Å². The molecule has 5 nitrogen and oxygen atoms in total. The van der Waals surface area contributed by atoms with Crippen molar-refractivity contribution < 1.29 is 8.42 Å². The highest BCUT2D eigenvalue weighted by Crippen LogP contribution is 2.42. The molecule has 0 aromatic carbocycles. The highest BCUT2D eigenvalue weighted by atomic mass is 32.2. The number of hydrogen-bond acceptors (Lipinski definition) is 3. The van der Waals surface area contributed by atoms with Crippen molar-refractivity contribution in [2.24, 2.45) is 11.3 Å². The Morgan fingerprint density at radius 2 is 1.88 bits per heavy atom. The normalized spacial score (nSPS) is 30.8. The first-order valence-electron chi connectivity index (χ1n) is 10.2. The van der Waals surface area contributed by atoms with Gasteiger partial charge in [0.1, 0.15) is 0 Å². The lowest BCUT2D eigenvalue weighted by molar-refractivity contribution is 0.131. The van der Waals surface area contributed by atoms with Crippen LogP contribution in [0, 0.1) is 11.3 Å². The molecule has 3 fully saturated rings. The molecule has 0 saturated carbocycles. The van der Waals surface area contributed by atoms with E-state index in [4.69, 9.17) is 0 Å². The van der Waals surface area contributed by atoms with E-state index >= 15 is 0 Å². The Balaban J connectivity index is 1.70. The molecule has 3 aliphatic heterocycles. The van der Waals surface area contributed by atoms with Gasteiger partial charge in [0.2, 0.25) is 0 Å². The van der Waals surface area contributed by atoms with E-state index in [2.05, 4.69) is 25.7 Å². The summed E-state index contributed by atoms with van der Waals surface area (Å²) in [4.78, 5) is 2.59. The molecule has 4 aliphatic rings. The molecule has 6 heteroatoms. The maximum Gasteiger partial charge on any atom is 0.281 e. The van der Waals surface area contributed by atoms with Crippen molar-refractivity contribution in [2.45, 2.75) is 65.3 Å². The summed E-state index contributed by atoms with van der Waals surface area (Å²) in [5.41, 5.74) is 3.58. The van der Waals surface area contributed by atoms with E-state index in [1.54, 1.807) is 29.5 Å². The fraction of sp³-hybridized carbons (Fsp3) is 0.900. The van der Waals surface area contributed by atoms with Crippen molar-refractivity contribution in [3.8, 4) is 0 Å². The van der Waals surface area contributed by atoms with Crippen LogP contribution in [0.5, 0.6) is 0 Å². The first-order chi connectivity index (χ1) is 12.1. The monoisotopic (exact) mass is 383 g/mol. The van der Waals surface area contributed by atoms with Crippen LogP contribution in [0.3, 0.4) is 0 Å². The van der Waals surface area contributed by atoms with Gasteiger partial charge in [0.05, 0.1) is 0 Å². The fourth-order valence-corrected chi connectivity index (χ4v) is 6.53. The first-order valence-corrected chi connectivity index (χ1v) is 11.6. The molecule has 0 N–H and O–H groups in total. The molecular weight excluding hydrogens is 346 g/mol. The second kappa shape index (κ2) is 7.53. The van der Waals surface area contributed by atoms with Gasteiger partial charge in [0.25, 0.3) is 10.2 Å².